The van der Waals surface area contributed by atoms with E-state index in [1.165, 1.54) is 18.3 Å². The minimum absolute atomic E-state index is 0.0763. The van der Waals surface area contributed by atoms with E-state index in [0.717, 1.165) is 18.4 Å². The summed E-state index contributed by atoms with van der Waals surface area (Å²) in [5.41, 5.74) is 1.43. The molecule has 132 valence electrons. The third-order valence-electron chi connectivity index (χ3n) is 4.15. The molecular weight excluding hydrogens is 381 g/mol. The number of carbonyl (C=O) groups excluding carboxylic acids is 2. The van der Waals surface area contributed by atoms with Gasteiger partial charge in [0.15, 0.2) is 5.13 Å². The van der Waals surface area contributed by atoms with E-state index in [-0.39, 0.29) is 11.8 Å². The van der Waals surface area contributed by atoms with E-state index >= 15 is 0 Å². The van der Waals surface area contributed by atoms with Crippen LogP contribution in [0.15, 0.2) is 23.6 Å². The van der Waals surface area contributed by atoms with Gasteiger partial charge in [-0.15, -0.1) is 11.3 Å². The molecule has 1 saturated heterocycles. The highest BCUT2D eigenvalue weighted by atomic mass is 35.5. The number of piperidine rings is 1. The summed E-state index contributed by atoms with van der Waals surface area (Å²) >= 11 is 13.4. The van der Waals surface area contributed by atoms with Crippen LogP contribution < -0.4 is 5.32 Å². The van der Waals surface area contributed by atoms with Gasteiger partial charge in [0.05, 0.1) is 10.7 Å². The molecule has 1 aromatic heterocycles. The zero-order chi connectivity index (χ0) is 18.0. The molecule has 1 aliphatic rings. The molecule has 1 fully saturated rings. The second-order valence-corrected chi connectivity index (χ2v) is 7.58. The van der Waals surface area contributed by atoms with E-state index in [9.17, 15) is 9.59 Å². The van der Waals surface area contributed by atoms with E-state index < -0.39 is 6.04 Å². The topological polar surface area (TPSA) is 62.3 Å². The summed E-state index contributed by atoms with van der Waals surface area (Å²) in [5, 5.41) is 6.20. The SMILES string of the molecule is CC(=O)N1CCCCC1C(=O)Nc1nc(-c2ccc(Cl)cc2Cl)cs1. The summed E-state index contributed by atoms with van der Waals surface area (Å²) in [6.45, 7) is 2.12. The highest BCUT2D eigenvalue weighted by molar-refractivity contribution is 7.14. The van der Waals surface area contributed by atoms with Gasteiger partial charge in [-0.05, 0) is 37.5 Å². The molecule has 2 amide bonds. The maximum Gasteiger partial charge on any atom is 0.248 e. The van der Waals surface area contributed by atoms with Crippen molar-refractivity contribution in [1.82, 2.24) is 9.88 Å². The van der Waals surface area contributed by atoms with E-state index in [1.807, 2.05) is 5.38 Å². The number of carbonyl (C=O) groups is 2. The number of likely N-dealkylation sites (tertiary alicyclic amines) is 1. The van der Waals surface area contributed by atoms with Crippen molar-refractivity contribution in [2.75, 3.05) is 11.9 Å². The summed E-state index contributed by atoms with van der Waals surface area (Å²) in [6.07, 6.45) is 2.54. The Bertz CT molecular complexity index is 809. The summed E-state index contributed by atoms with van der Waals surface area (Å²) in [7, 11) is 0. The molecular formula is C17H17Cl2N3O2S. The van der Waals surface area contributed by atoms with Crippen LogP contribution in [0.1, 0.15) is 26.2 Å². The lowest BCUT2D eigenvalue weighted by Gasteiger charge is -2.33. The molecule has 5 nitrogen and oxygen atoms in total. The Hall–Kier alpha value is -1.63. The quantitative estimate of drug-likeness (QED) is 0.831. The van der Waals surface area contributed by atoms with Gasteiger partial charge in [-0.3, -0.25) is 9.59 Å². The fourth-order valence-corrected chi connectivity index (χ4v) is 4.14. The molecule has 2 heterocycles. The highest BCUT2D eigenvalue weighted by Crippen LogP contribution is 2.32. The number of benzene rings is 1. The van der Waals surface area contributed by atoms with Crippen molar-refractivity contribution in [2.45, 2.75) is 32.2 Å². The summed E-state index contributed by atoms with van der Waals surface area (Å²) in [5.74, 6) is -0.273. The highest BCUT2D eigenvalue weighted by Gasteiger charge is 2.30. The third kappa shape index (κ3) is 4.14. The molecule has 2 aromatic rings. The van der Waals surface area contributed by atoms with Gasteiger partial charge in [-0.25, -0.2) is 4.98 Å². The third-order valence-corrected chi connectivity index (χ3v) is 5.46. The molecule has 0 aliphatic carbocycles. The molecule has 1 unspecified atom stereocenters. The smallest absolute Gasteiger partial charge is 0.248 e. The van der Waals surface area contributed by atoms with Crippen LogP contribution in [0.2, 0.25) is 10.0 Å². The standard InChI is InChI=1S/C17H17Cl2N3O2S/c1-10(23)22-7-3-2-4-15(22)16(24)21-17-20-14(9-25-17)12-6-5-11(18)8-13(12)19/h5-6,8-9,15H,2-4,7H2,1H3,(H,20,21,24). The van der Waals surface area contributed by atoms with Gasteiger partial charge in [0.25, 0.3) is 0 Å². The number of nitrogens with zero attached hydrogens (tertiary/aromatic N) is 2. The van der Waals surface area contributed by atoms with Gasteiger partial charge >= 0.3 is 0 Å². The number of aromatic nitrogens is 1. The number of thiazole rings is 1. The second-order valence-electron chi connectivity index (χ2n) is 5.88. The molecule has 0 radical (unpaired) electrons. The Balaban J connectivity index is 1.74. The predicted molar refractivity (Wildman–Crippen MR) is 101 cm³/mol. The van der Waals surface area contributed by atoms with Crippen LogP contribution >= 0.6 is 34.5 Å². The molecule has 1 N–H and O–H groups in total. The van der Waals surface area contributed by atoms with Crippen molar-refractivity contribution in [1.29, 1.82) is 0 Å². The van der Waals surface area contributed by atoms with Crippen molar-refractivity contribution in [3.05, 3.63) is 33.6 Å². The number of amides is 2. The average Bonchev–Trinajstić information content (AvgIpc) is 3.02. The Labute approximate surface area is 160 Å². The summed E-state index contributed by atoms with van der Waals surface area (Å²) < 4.78 is 0. The van der Waals surface area contributed by atoms with Crippen LogP contribution in [0.3, 0.4) is 0 Å². The van der Waals surface area contributed by atoms with Crippen LogP contribution in [0.4, 0.5) is 5.13 Å². The van der Waals surface area contributed by atoms with Crippen molar-refractivity contribution in [3.8, 4) is 11.3 Å². The molecule has 1 aliphatic heterocycles. The summed E-state index contributed by atoms with van der Waals surface area (Å²) in [6, 6.07) is 4.76. The molecule has 3 rings (SSSR count). The van der Waals surface area contributed by atoms with Crippen LogP contribution in [0, 0.1) is 0 Å². The lowest BCUT2D eigenvalue weighted by Crippen LogP contribution is -2.49. The number of hydrogen-bond donors (Lipinski definition) is 1. The second kappa shape index (κ2) is 7.72. The van der Waals surface area contributed by atoms with Crippen molar-refractivity contribution in [2.24, 2.45) is 0 Å². The van der Waals surface area contributed by atoms with Crippen molar-refractivity contribution in [3.63, 3.8) is 0 Å². The Kier molecular flexibility index (Phi) is 5.61. The number of anilines is 1. The van der Waals surface area contributed by atoms with E-state index in [0.29, 0.717) is 33.8 Å². The Morgan fingerprint density at radius 3 is 2.84 bits per heavy atom. The number of hydrogen-bond acceptors (Lipinski definition) is 4. The van der Waals surface area contributed by atoms with Crippen LogP contribution in [0.5, 0.6) is 0 Å². The van der Waals surface area contributed by atoms with Gasteiger partial charge in [-0.2, -0.15) is 0 Å². The summed E-state index contributed by atoms with van der Waals surface area (Å²) in [4.78, 5) is 30.3. The normalized spacial score (nSPS) is 17.4. The van der Waals surface area contributed by atoms with Gasteiger partial charge in [0.2, 0.25) is 11.8 Å². The lowest BCUT2D eigenvalue weighted by atomic mass is 10.0. The van der Waals surface area contributed by atoms with Crippen molar-refractivity contribution < 1.29 is 9.59 Å². The largest absolute Gasteiger partial charge is 0.331 e. The number of halogens is 2. The molecule has 0 bridgehead atoms. The van der Waals surface area contributed by atoms with Gasteiger partial charge in [0, 0.05) is 29.4 Å². The first-order chi connectivity index (χ1) is 12.0. The molecule has 0 spiro atoms. The van der Waals surface area contributed by atoms with E-state index in [2.05, 4.69) is 10.3 Å². The first kappa shape index (κ1) is 18.2. The van der Waals surface area contributed by atoms with Crippen LogP contribution in [-0.2, 0) is 9.59 Å². The lowest BCUT2D eigenvalue weighted by molar-refractivity contribution is -0.138. The van der Waals surface area contributed by atoms with E-state index in [4.69, 9.17) is 23.2 Å². The van der Waals surface area contributed by atoms with Gasteiger partial charge in [0.1, 0.15) is 6.04 Å². The number of nitrogens with one attached hydrogen (secondary N) is 1. The fourth-order valence-electron chi connectivity index (χ4n) is 2.92. The molecule has 8 heteroatoms. The molecule has 0 saturated carbocycles. The minimum Gasteiger partial charge on any atom is -0.331 e. The minimum atomic E-state index is -0.433. The maximum absolute atomic E-state index is 12.6. The zero-order valence-electron chi connectivity index (χ0n) is 13.6. The van der Waals surface area contributed by atoms with E-state index in [1.54, 1.807) is 23.1 Å². The monoisotopic (exact) mass is 397 g/mol. The molecule has 1 aromatic carbocycles. The number of rotatable bonds is 3. The predicted octanol–water partition coefficient (Wildman–Crippen LogP) is 4.46. The van der Waals surface area contributed by atoms with Crippen molar-refractivity contribution >= 4 is 51.5 Å². The zero-order valence-corrected chi connectivity index (χ0v) is 15.9. The van der Waals surface area contributed by atoms with Gasteiger partial charge in [-0.1, -0.05) is 23.2 Å². The maximum atomic E-state index is 12.6. The molecule has 25 heavy (non-hydrogen) atoms. The first-order valence-electron chi connectivity index (χ1n) is 7.94. The average molecular weight is 398 g/mol. The molecule has 1 atom stereocenters. The van der Waals surface area contributed by atoms with Gasteiger partial charge < -0.3 is 10.2 Å². The fraction of sp³-hybridized carbons (Fsp3) is 0.353. The van der Waals surface area contributed by atoms with Crippen LogP contribution in [0.25, 0.3) is 11.3 Å². The van der Waals surface area contributed by atoms with Crippen LogP contribution in [-0.4, -0.2) is 34.3 Å². The Morgan fingerprint density at radius 2 is 2.12 bits per heavy atom. The Morgan fingerprint density at radius 1 is 1.32 bits per heavy atom. The first-order valence-corrected chi connectivity index (χ1v) is 9.58.